The van der Waals surface area contributed by atoms with E-state index >= 15 is 0 Å². The Balaban J connectivity index is 2.14. The Morgan fingerprint density at radius 3 is 2.55 bits per heavy atom. The third-order valence-electron chi connectivity index (χ3n) is 2.55. The second kappa shape index (κ2) is 8.79. The molecular weight excluding hydrogens is 258 g/mol. The van der Waals surface area contributed by atoms with Crippen molar-refractivity contribution < 1.29 is 14.3 Å². The highest BCUT2D eigenvalue weighted by Gasteiger charge is 2.04. The summed E-state index contributed by atoms with van der Waals surface area (Å²) in [5.41, 5.74) is 6.25. The van der Waals surface area contributed by atoms with Crippen molar-refractivity contribution in [2.75, 3.05) is 25.4 Å². The zero-order chi connectivity index (χ0) is 14.8. The summed E-state index contributed by atoms with van der Waals surface area (Å²) < 4.78 is 5.41. The van der Waals surface area contributed by atoms with Crippen LogP contribution in [-0.2, 0) is 9.59 Å². The van der Waals surface area contributed by atoms with Crippen molar-refractivity contribution in [3.63, 3.8) is 0 Å². The van der Waals surface area contributed by atoms with Gasteiger partial charge in [-0.25, -0.2) is 0 Å². The number of hydrogen-bond donors (Lipinski definition) is 3. The maximum absolute atomic E-state index is 11.5. The zero-order valence-electron chi connectivity index (χ0n) is 11.6. The third-order valence-corrected chi connectivity index (χ3v) is 2.55. The predicted octanol–water partition coefficient (Wildman–Crippen LogP) is 0.680. The average Bonchev–Trinajstić information content (AvgIpc) is 2.41. The lowest BCUT2D eigenvalue weighted by atomic mass is 10.3. The lowest BCUT2D eigenvalue weighted by Gasteiger charge is -2.09. The van der Waals surface area contributed by atoms with Crippen LogP contribution in [0.15, 0.2) is 24.3 Å². The van der Waals surface area contributed by atoms with Crippen LogP contribution in [0.5, 0.6) is 5.75 Å². The van der Waals surface area contributed by atoms with Gasteiger partial charge in [0.05, 0.1) is 18.7 Å². The van der Waals surface area contributed by atoms with Crippen molar-refractivity contribution in [1.82, 2.24) is 10.6 Å². The van der Waals surface area contributed by atoms with Crippen LogP contribution < -0.4 is 21.1 Å². The van der Waals surface area contributed by atoms with E-state index in [0.717, 1.165) is 0 Å². The first-order valence-corrected chi connectivity index (χ1v) is 6.64. The van der Waals surface area contributed by atoms with Gasteiger partial charge in [0.1, 0.15) is 5.75 Å². The number of nitrogens with one attached hydrogen (secondary N) is 2. The number of nitrogens with two attached hydrogens (primary N) is 1. The number of para-hydroxylation sites is 2. The van der Waals surface area contributed by atoms with Crippen molar-refractivity contribution in [3.05, 3.63) is 24.3 Å². The summed E-state index contributed by atoms with van der Waals surface area (Å²) in [5, 5.41) is 5.32. The van der Waals surface area contributed by atoms with Crippen molar-refractivity contribution in [2.45, 2.75) is 19.8 Å². The minimum Gasteiger partial charge on any atom is -0.491 e. The Morgan fingerprint density at radius 1 is 1.15 bits per heavy atom. The molecule has 0 aliphatic heterocycles. The number of nitrogen functional groups attached to an aromatic ring is 1. The van der Waals surface area contributed by atoms with Crippen molar-refractivity contribution in [1.29, 1.82) is 0 Å². The van der Waals surface area contributed by atoms with Crippen molar-refractivity contribution in [3.8, 4) is 5.75 Å². The van der Waals surface area contributed by atoms with Crippen LogP contribution in [0.25, 0.3) is 0 Å². The smallest absolute Gasteiger partial charge is 0.223 e. The summed E-state index contributed by atoms with van der Waals surface area (Å²) >= 11 is 0. The number of hydrogen-bond acceptors (Lipinski definition) is 4. The second-order valence-electron chi connectivity index (χ2n) is 4.19. The van der Waals surface area contributed by atoms with Gasteiger partial charge in [-0.3, -0.25) is 9.59 Å². The molecule has 0 saturated carbocycles. The molecule has 0 fully saturated rings. The number of carbonyl (C=O) groups excluding carboxylic acids is 2. The fourth-order valence-electron chi connectivity index (χ4n) is 1.56. The second-order valence-corrected chi connectivity index (χ2v) is 4.19. The van der Waals surface area contributed by atoms with Gasteiger partial charge in [0.25, 0.3) is 0 Å². The highest BCUT2D eigenvalue weighted by molar-refractivity contribution is 5.78. The fraction of sp³-hybridized carbons (Fsp3) is 0.429. The molecule has 110 valence electrons. The van der Waals surface area contributed by atoms with E-state index in [1.807, 2.05) is 19.1 Å². The Morgan fingerprint density at radius 2 is 1.85 bits per heavy atom. The number of rotatable bonds is 8. The summed E-state index contributed by atoms with van der Waals surface area (Å²) in [6.07, 6.45) is 0.510. The molecule has 0 aliphatic rings. The molecule has 0 saturated heterocycles. The van der Waals surface area contributed by atoms with E-state index in [2.05, 4.69) is 10.6 Å². The maximum Gasteiger partial charge on any atom is 0.223 e. The Kier molecular flexibility index (Phi) is 6.95. The highest BCUT2D eigenvalue weighted by atomic mass is 16.5. The molecule has 0 bridgehead atoms. The van der Waals surface area contributed by atoms with Crippen LogP contribution in [0.3, 0.4) is 0 Å². The van der Waals surface area contributed by atoms with Crippen LogP contribution in [0.4, 0.5) is 5.69 Å². The van der Waals surface area contributed by atoms with E-state index in [4.69, 9.17) is 10.5 Å². The summed E-state index contributed by atoms with van der Waals surface area (Å²) in [7, 11) is 0. The molecule has 4 N–H and O–H groups in total. The quantitative estimate of drug-likeness (QED) is 0.610. The minimum atomic E-state index is -0.149. The van der Waals surface area contributed by atoms with Gasteiger partial charge in [-0.2, -0.15) is 0 Å². The van der Waals surface area contributed by atoms with Crippen LogP contribution in [-0.4, -0.2) is 31.5 Å². The van der Waals surface area contributed by atoms with E-state index in [9.17, 15) is 9.59 Å². The molecule has 0 aromatic heterocycles. The zero-order valence-corrected chi connectivity index (χ0v) is 11.6. The number of ether oxygens (including phenoxy) is 1. The van der Waals surface area contributed by atoms with Gasteiger partial charge in [0, 0.05) is 19.5 Å². The SMILES string of the molecule is CCNC(=O)CCNC(=O)CCOc1ccccc1N. The molecule has 1 aromatic carbocycles. The first-order valence-electron chi connectivity index (χ1n) is 6.64. The third kappa shape index (κ3) is 6.08. The number of carbonyl (C=O) groups is 2. The molecule has 0 unspecified atom stereocenters. The first kappa shape index (κ1) is 15.8. The van der Waals surface area contributed by atoms with Gasteiger partial charge >= 0.3 is 0 Å². The van der Waals surface area contributed by atoms with E-state index in [-0.39, 0.29) is 31.3 Å². The average molecular weight is 279 g/mol. The van der Waals surface area contributed by atoms with Crippen LogP contribution in [0.2, 0.25) is 0 Å². The van der Waals surface area contributed by atoms with Crippen molar-refractivity contribution >= 4 is 17.5 Å². The maximum atomic E-state index is 11.5. The molecule has 2 amide bonds. The summed E-state index contributed by atoms with van der Waals surface area (Å²) in [6, 6.07) is 7.12. The van der Waals surface area contributed by atoms with Crippen molar-refractivity contribution in [2.24, 2.45) is 0 Å². The lowest BCUT2D eigenvalue weighted by molar-refractivity contribution is -0.122. The normalized spacial score (nSPS) is 9.85. The molecular formula is C14H21N3O3. The largest absolute Gasteiger partial charge is 0.491 e. The molecule has 6 nitrogen and oxygen atoms in total. The monoisotopic (exact) mass is 279 g/mol. The number of anilines is 1. The van der Waals surface area contributed by atoms with Gasteiger partial charge in [-0.1, -0.05) is 12.1 Å². The van der Waals surface area contributed by atoms with Crippen LogP contribution in [0.1, 0.15) is 19.8 Å². The molecule has 0 radical (unpaired) electrons. The van der Waals surface area contributed by atoms with Gasteiger partial charge < -0.3 is 21.1 Å². The van der Waals surface area contributed by atoms with Crippen LogP contribution in [0, 0.1) is 0 Å². The lowest BCUT2D eigenvalue weighted by Crippen LogP contribution is -2.31. The molecule has 0 spiro atoms. The summed E-state index contributed by atoms with van der Waals surface area (Å²) in [6.45, 7) is 3.03. The molecule has 1 aromatic rings. The van der Waals surface area contributed by atoms with E-state index < -0.39 is 0 Å². The standard InChI is InChI=1S/C14H21N3O3/c1-2-16-13(18)7-9-17-14(19)8-10-20-12-6-4-3-5-11(12)15/h3-6H,2,7-10,15H2,1H3,(H,16,18)(H,17,19). The molecule has 0 aliphatic carbocycles. The van der Waals surface area contributed by atoms with Gasteiger partial charge in [0.15, 0.2) is 0 Å². The summed E-state index contributed by atoms with van der Waals surface area (Å²) in [5.74, 6) is 0.354. The van der Waals surface area contributed by atoms with Gasteiger partial charge in [0.2, 0.25) is 11.8 Å². The molecule has 0 atom stereocenters. The van der Waals surface area contributed by atoms with Crippen LogP contribution >= 0.6 is 0 Å². The fourth-order valence-corrected chi connectivity index (χ4v) is 1.56. The van der Waals surface area contributed by atoms with E-state index in [1.54, 1.807) is 12.1 Å². The van der Waals surface area contributed by atoms with Gasteiger partial charge in [-0.15, -0.1) is 0 Å². The summed E-state index contributed by atoms with van der Waals surface area (Å²) in [4.78, 5) is 22.7. The van der Waals surface area contributed by atoms with Gasteiger partial charge in [-0.05, 0) is 19.1 Å². The molecule has 0 heterocycles. The number of benzene rings is 1. The Hall–Kier alpha value is -2.24. The van der Waals surface area contributed by atoms with E-state index in [0.29, 0.717) is 24.5 Å². The first-order chi connectivity index (χ1) is 9.63. The topological polar surface area (TPSA) is 93.5 Å². The van der Waals surface area contributed by atoms with E-state index in [1.165, 1.54) is 0 Å². The Labute approximate surface area is 118 Å². The Bertz CT molecular complexity index is 449. The molecule has 1 rings (SSSR count). The predicted molar refractivity (Wildman–Crippen MR) is 77.3 cm³/mol. The number of amides is 2. The molecule has 6 heteroatoms. The minimum absolute atomic E-state index is 0.0684. The highest BCUT2D eigenvalue weighted by Crippen LogP contribution is 2.19. The molecule has 20 heavy (non-hydrogen) atoms.